The first-order chi connectivity index (χ1) is 6.77. The zero-order chi connectivity index (χ0) is 10.1. The molecule has 1 nitrogen and oxygen atoms in total. The summed E-state index contributed by atoms with van der Waals surface area (Å²) < 4.78 is 19.5. The third-order valence-corrected chi connectivity index (χ3v) is 3.36. The Morgan fingerprint density at radius 1 is 1.57 bits per heavy atom. The van der Waals surface area contributed by atoms with Crippen LogP contribution in [0.2, 0.25) is 0 Å². The van der Waals surface area contributed by atoms with Crippen molar-refractivity contribution in [2.24, 2.45) is 0 Å². The van der Waals surface area contributed by atoms with Gasteiger partial charge in [0.2, 0.25) is 0 Å². The molecule has 0 saturated carbocycles. The van der Waals surface area contributed by atoms with Crippen LogP contribution in [0.5, 0.6) is 5.75 Å². The maximum absolute atomic E-state index is 13.7. The molecule has 0 fully saturated rings. The minimum Gasteiger partial charge on any atom is -0.494 e. The molecule has 0 bridgehead atoms. The second kappa shape index (κ2) is 3.75. The highest BCUT2D eigenvalue weighted by Gasteiger charge is 2.12. The summed E-state index contributed by atoms with van der Waals surface area (Å²) in [5.74, 6) is 0.317. The number of benzene rings is 1. The second-order valence-corrected chi connectivity index (χ2v) is 4.03. The van der Waals surface area contributed by atoms with Gasteiger partial charge in [-0.05, 0) is 23.1 Å². The monoisotopic (exact) mass is 230 g/mol. The Kier molecular flexibility index (Phi) is 2.61. The Balaban J connectivity index is 2.80. The largest absolute Gasteiger partial charge is 0.494 e. The normalized spacial score (nSPS) is 10.8. The lowest BCUT2D eigenvalue weighted by atomic mass is 10.1. The average molecular weight is 231 g/mol. The van der Waals surface area contributed by atoms with Crippen molar-refractivity contribution in [1.29, 1.82) is 0 Å². The highest BCUT2D eigenvalue weighted by atomic mass is 35.5. The van der Waals surface area contributed by atoms with Crippen molar-refractivity contribution in [3.63, 3.8) is 0 Å². The maximum atomic E-state index is 13.7. The summed E-state index contributed by atoms with van der Waals surface area (Å²) in [6, 6.07) is 3.40. The SMILES string of the molecule is COc1cc(CCl)c2sccc2c1F. The van der Waals surface area contributed by atoms with Crippen LogP contribution in [-0.2, 0) is 5.88 Å². The second-order valence-electron chi connectivity index (χ2n) is 2.85. The molecule has 2 aromatic rings. The molecule has 0 unspecified atom stereocenters. The highest BCUT2D eigenvalue weighted by molar-refractivity contribution is 7.17. The quantitative estimate of drug-likeness (QED) is 0.714. The lowest BCUT2D eigenvalue weighted by Gasteiger charge is -2.05. The van der Waals surface area contributed by atoms with Crippen LogP contribution in [0.25, 0.3) is 10.1 Å². The van der Waals surface area contributed by atoms with Crippen molar-refractivity contribution in [2.45, 2.75) is 5.88 Å². The number of fused-ring (bicyclic) bond motifs is 1. The van der Waals surface area contributed by atoms with Gasteiger partial charge in [-0.3, -0.25) is 0 Å². The minimum atomic E-state index is -0.308. The van der Waals surface area contributed by atoms with Crippen LogP contribution in [0.3, 0.4) is 0 Å². The van der Waals surface area contributed by atoms with Crippen LogP contribution in [0.1, 0.15) is 5.56 Å². The first-order valence-corrected chi connectivity index (χ1v) is 5.48. The first-order valence-electron chi connectivity index (χ1n) is 4.06. The van der Waals surface area contributed by atoms with Gasteiger partial charge >= 0.3 is 0 Å². The summed E-state index contributed by atoms with van der Waals surface area (Å²) in [6.07, 6.45) is 0. The predicted octanol–water partition coefficient (Wildman–Crippen LogP) is 3.79. The Labute approximate surface area is 90.1 Å². The van der Waals surface area contributed by atoms with E-state index < -0.39 is 0 Å². The summed E-state index contributed by atoms with van der Waals surface area (Å²) in [7, 11) is 1.45. The molecule has 1 aromatic carbocycles. The lowest BCUT2D eigenvalue weighted by molar-refractivity contribution is 0.388. The van der Waals surface area contributed by atoms with Gasteiger partial charge in [0.1, 0.15) is 0 Å². The molecule has 0 aliphatic heterocycles. The van der Waals surface area contributed by atoms with Crippen LogP contribution >= 0.6 is 22.9 Å². The number of rotatable bonds is 2. The van der Waals surface area contributed by atoms with Gasteiger partial charge < -0.3 is 4.74 Å². The van der Waals surface area contributed by atoms with E-state index in [9.17, 15) is 4.39 Å². The van der Waals surface area contributed by atoms with E-state index in [1.807, 2.05) is 5.38 Å². The molecule has 0 saturated heterocycles. The fourth-order valence-electron chi connectivity index (χ4n) is 1.40. The fourth-order valence-corrected chi connectivity index (χ4v) is 2.60. The maximum Gasteiger partial charge on any atom is 0.173 e. The van der Waals surface area contributed by atoms with E-state index in [1.54, 1.807) is 12.1 Å². The van der Waals surface area contributed by atoms with Gasteiger partial charge in [0, 0.05) is 16.0 Å². The summed E-state index contributed by atoms with van der Waals surface area (Å²) in [5.41, 5.74) is 0.912. The van der Waals surface area contributed by atoms with Crippen LogP contribution in [0, 0.1) is 5.82 Å². The van der Waals surface area contributed by atoms with Gasteiger partial charge in [-0.1, -0.05) is 0 Å². The molecule has 0 atom stereocenters. The molecule has 0 aliphatic rings. The molecule has 0 N–H and O–H groups in total. The summed E-state index contributed by atoms with van der Waals surface area (Å²) in [4.78, 5) is 0. The number of ether oxygens (including phenoxy) is 1. The third-order valence-electron chi connectivity index (χ3n) is 2.08. The zero-order valence-corrected chi connectivity index (χ0v) is 9.08. The molecule has 1 aromatic heterocycles. The van der Waals surface area contributed by atoms with Crippen LogP contribution in [0.4, 0.5) is 4.39 Å². The number of methoxy groups -OCH3 is 1. The molecule has 4 heteroatoms. The third kappa shape index (κ3) is 1.37. The number of alkyl halides is 1. The van der Waals surface area contributed by atoms with Gasteiger partial charge in [-0.15, -0.1) is 22.9 Å². The highest BCUT2D eigenvalue weighted by Crippen LogP contribution is 2.33. The lowest BCUT2D eigenvalue weighted by Crippen LogP contribution is -1.90. The van der Waals surface area contributed by atoms with E-state index in [0.717, 1.165) is 10.3 Å². The number of halogens is 2. The van der Waals surface area contributed by atoms with Crippen LogP contribution < -0.4 is 4.74 Å². The van der Waals surface area contributed by atoms with E-state index in [0.29, 0.717) is 11.3 Å². The molecule has 1 heterocycles. The number of hydrogen-bond donors (Lipinski definition) is 0. The topological polar surface area (TPSA) is 9.23 Å². The summed E-state index contributed by atoms with van der Waals surface area (Å²) in [5, 5.41) is 2.44. The van der Waals surface area contributed by atoms with Crippen molar-refractivity contribution in [3.05, 3.63) is 28.9 Å². The Bertz CT molecular complexity index is 466. The van der Waals surface area contributed by atoms with Gasteiger partial charge in [-0.25, -0.2) is 4.39 Å². The molecule has 14 heavy (non-hydrogen) atoms. The van der Waals surface area contributed by atoms with E-state index in [1.165, 1.54) is 18.4 Å². The van der Waals surface area contributed by atoms with Gasteiger partial charge in [0.15, 0.2) is 11.6 Å². The molecule has 0 spiro atoms. The van der Waals surface area contributed by atoms with Crippen molar-refractivity contribution < 1.29 is 9.13 Å². The molecule has 0 amide bonds. The fraction of sp³-hybridized carbons (Fsp3) is 0.200. The van der Waals surface area contributed by atoms with E-state index in [-0.39, 0.29) is 11.6 Å². The van der Waals surface area contributed by atoms with Gasteiger partial charge in [-0.2, -0.15) is 0 Å². The smallest absolute Gasteiger partial charge is 0.173 e. The number of thiophene rings is 1. The molecular formula is C10H8ClFOS. The van der Waals surface area contributed by atoms with Gasteiger partial charge in [0.05, 0.1) is 7.11 Å². The number of hydrogen-bond acceptors (Lipinski definition) is 2. The molecule has 74 valence electrons. The molecule has 2 rings (SSSR count). The van der Waals surface area contributed by atoms with E-state index in [2.05, 4.69) is 0 Å². The van der Waals surface area contributed by atoms with E-state index >= 15 is 0 Å². The van der Waals surface area contributed by atoms with Gasteiger partial charge in [0.25, 0.3) is 0 Å². The Hall–Kier alpha value is -0.800. The standard InChI is InChI=1S/C10H8ClFOS/c1-13-8-4-6(5-11)10-7(9(8)12)2-3-14-10/h2-4H,5H2,1H3. The zero-order valence-electron chi connectivity index (χ0n) is 7.51. The Morgan fingerprint density at radius 2 is 2.36 bits per heavy atom. The summed E-state index contributed by atoms with van der Waals surface area (Å²) >= 11 is 7.26. The van der Waals surface area contributed by atoms with Crippen molar-refractivity contribution in [3.8, 4) is 5.75 Å². The van der Waals surface area contributed by atoms with Crippen LogP contribution in [-0.4, -0.2) is 7.11 Å². The molecule has 0 aliphatic carbocycles. The first kappa shape index (κ1) is 9.74. The Morgan fingerprint density at radius 3 is 3.00 bits per heavy atom. The minimum absolute atomic E-state index is 0.256. The predicted molar refractivity (Wildman–Crippen MR) is 57.9 cm³/mol. The van der Waals surface area contributed by atoms with Crippen molar-refractivity contribution >= 4 is 33.0 Å². The van der Waals surface area contributed by atoms with Crippen LogP contribution in [0.15, 0.2) is 17.5 Å². The van der Waals surface area contributed by atoms with E-state index in [4.69, 9.17) is 16.3 Å². The average Bonchev–Trinajstić information content (AvgIpc) is 2.68. The molecular weight excluding hydrogens is 223 g/mol. The molecule has 0 radical (unpaired) electrons. The summed E-state index contributed by atoms with van der Waals surface area (Å²) in [6.45, 7) is 0. The van der Waals surface area contributed by atoms with Crippen molar-refractivity contribution in [1.82, 2.24) is 0 Å². The van der Waals surface area contributed by atoms with Crippen molar-refractivity contribution in [2.75, 3.05) is 7.11 Å².